The van der Waals surface area contributed by atoms with Crippen LogP contribution in [0, 0.1) is 24.3 Å². The first-order chi connectivity index (χ1) is 10.7. The Kier molecular flexibility index (Phi) is 3.81. The van der Waals surface area contributed by atoms with Crippen molar-refractivity contribution in [1.82, 2.24) is 4.98 Å². The standard InChI is InChI=1S/C18H7F2N2.Ir/c1-21-18-13(19)8-7-12(17(18)20)15-9-11-6-5-10-3-2-4-14(22-15)16(10)11;/h2-6,8-9H;/q-1;. The number of hydrogen-bond acceptors (Lipinski definition) is 1. The smallest absolute Gasteiger partial charge is 0.176 e. The monoisotopic (exact) mass is 482 g/mol. The van der Waals surface area contributed by atoms with Crippen LogP contribution in [0.4, 0.5) is 14.5 Å². The molecule has 5 heteroatoms. The van der Waals surface area contributed by atoms with Gasteiger partial charge in [0.25, 0.3) is 0 Å². The SMILES string of the molecule is [C-]#[N+]c1c(F)c[c-]c(-c2cc3c4c(cccc4n2)C=C3)c1F.[Ir]. The van der Waals surface area contributed by atoms with Gasteiger partial charge < -0.3 is 0 Å². The van der Waals surface area contributed by atoms with Crippen LogP contribution in [0.3, 0.4) is 0 Å². The Hall–Kier alpha value is -2.41. The first-order valence-corrected chi connectivity index (χ1v) is 6.58. The number of benzene rings is 2. The molecular weight excluding hydrogens is 474 g/mol. The number of rotatable bonds is 1. The Morgan fingerprint density at radius 3 is 2.70 bits per heavy atom. The van der Waals surface area contributed by atoms with Gasteiger partial charge in [0.1, 0.15) is 0 Å². The molecule has 0 saturated heterocycles. The van der Waals surface area contributed by atoms with E-state index in [0.717, 1.165) is 28.1 Å². The van der Waals surface area contributed by atoms with Gasteiger partial charge in [0, 0.05) is 37.1 Å². The van der Waals surface area contributed by atoms with E-state index in [1.807, 2.05) is 30.4 Å². The van der Waals surface area contributed by atoms with E-state index in [0.29, 0.717) is 5.69 Å². The summed E-state index contributed by atoms with van der Waals surface area (Å²) in [5.41, 5.74) is 2.45. The molecule has 1 aliphatic carbocycles. The number of halogens is 2. The van der Waals surface area contributed by atoms with E-state index in [-0.39, 0.29) is 25.7 Å². The van der Waals surface area contributed by atoms with Crippen LogP contribution in [0.2, 0.25) is 0 Å². The molecule has 0 bridgehead atoms. The molecule has 1 aromatic heterocycles. The summed E-state index contributed by atoms with van der Waals surface area (Å²) in [7, 11) is 0. The van der Waals surface area contributed by atoms with E-state index in [2.05, 4.69) is 15.9 Å². The van der Waals surface area contributed by atoms with E-state index in [1.54, 1.807) is 6.07 Å². The van der Waals surface area contributed by atoms with Crippen molar-refractivity contribution in [3.05, 3.63) is 70.6 Å². The molecule has 0 unspecified atom stereocenters. The average molecular weight is 481 g/mol. The summed E-state index contributed by atoms with van der Waals surface area (Å²) in [4.78, 5) is 7.35. The van der Waals surface area contributed by atoms with E-state index in [1.165, 1.54) is 0 Å². The van der Waals surface area contributed by atoms with E-state index in [9.17, 15) is 8.78 Å². The minimum atomic E-state index is -0.924. The van der Waals surface area contributed by atoms with Crippen LogP contribution in [-0.4, -0.2) is 4.98 Å². The van der Waals surface area contributed by atoms with Crippen molar-refractivity contribution >= 4 is 28.7 Å². The summed E-state index contributed by atoms with van der Waals surface area (Å²) in [6.07, 6.45) is 3.90. The Labute approximate surface area is 144 Å². The van der Waals surface area contributed by atoms with Crippen LogP contribution >= 0.6 is 0 Å². The quantitative estimate of drug-likeness (QED) is 0.350. The van der Waals surface area contributed by atoms with Crippen molar-refractivity contribution in [2.24, 2.45) is 0 Å². The predicted molar refractivity (Wildman–Crippen MR) is 81.1 cm³/mol. The maximum absolute atomic E-state index is 14.3. The minimum Gasteiger partial charge on any atom is -0.296 e. The van der Waals surface area contributed by atoms with Crippen molar-refractivity contribution in [3.63, 3.8) is 0 Å². The summed E-state index contributed by atoms with van der Waals surface area (Å²) in [5, 5.41) is 1.01. The summed E-state index contributed by atoms with van der Waals surface area (Å²) in [6, 6.07) is 11.0. The van der Waals surface area contributed by atoms with Gasteiger partial charge in [0.05, 0.1) is 12.1 Å². The maximum Gasteiger partial charge on any atom is 0.176 e. The number of hydrogen-bond donors (Lipinski definition) is 0. The van der Waals surface area contributed by atoms with Crippen molar-refractivity contribution in [2.75, 3.05) is 0 Å². The van der Waals surface area contributed by atoms with Gasteiger partial charge in [-0.2, -0.15) is 0 Å². The fourth-order valence-electron chi connectivity index (χ4n) is 2.70. The van der Waals surface area contributed by atoms with E-state index < -0.39 is 17.3 Å². The molecular formula is C18H7F2IrN2-. The Balaban J connectivity index is 0.00000156. The van der Waals surface area contributed by atoms with Crippen LogP contribution in [0.5, 0.6) is 0 Å². The molecule has 2 nitrogen and oxygen atoms in total. The molecule has 1 aliphatic rings. The molecule has 2 aromatic carbocycles. The summed E-state index contributed by atoms with van der Waals surface area (Å²) in [6.45, 7) is 6.90. The van der Waals surface area contributed by atoms with Crippen LogP contribution < -0.4 is 0 Å². The third kappa shape index (κ3) is 2.28. The Morgan fingerprint density at radius 1 is 1.13 bits per heavy atom. The van der Waals surface area contributed by atoms with Gasteiger partial charge in [0.15, 0.2) is 5.69 Å². The molecule has 1 heterocycles. The minimum absolute atomic E-state index is 0. The van der Waals surface area contributed by atoms with Crippen LogP contribution in [0.1, 0.15) is 11.1 Å². The van der Waals surface area contributed by atoms with Crippen molar-refractivity contribution in [3.8, 4) is 11.3 Å². The Morgan fingerprint density at radius 2 is 1.91 bits per heavy atom. The van der Waals surface area contributed by atoms with Crippen LogP contribution in [-0.2, 0) is 20.1 Å². The van der Waals surface area contributed by atoms with E-state index >= 15 is 0 Å². The molecule has 113 valence electrons. The molecule has 0 aliphatic heterocycles. The largest absolute Gasteiger partial charge is 0.296 e. The summed E-state index contributed by atoms with van der Waals surface area (Å²) >= 11 is 0. The summed E-state index contributed by atoms with van der Waals surface area (Å²) in [5.74, 6) is -1.84. The van der Waals surface area contributed by atoms with Crippen molar-refractivity contribution in [1.29, 1.82) is 0 Å². The topological polar surface area (TPSA) is 17.2 Å². The normalized spacial score (nSPS) is 11.3. The molecule has 0 fully saturated rings. The molecule has 0 spiro atoms. The molecule has 3 aromatic rings. The average Bonchev–Trinajstić information content (AvgIpc) is 2.93. The predicted octanol–water partition coefficient (Wildman–Crippen LogP) is 5.01. The van der Waals surface area contributed by atoms with Gasteiger partial charge in [0.2, 0.25) is 0 Å². The van der Waals surface area contributed by atoms with Crippen molar-refractivity contribution in [2.45, 2.75) is 0 Å². The second kappa shape index (κ2) is 5.66. The molecule has 23 heavy (non-hydrogen) atoms. The van der Waals surface area contributed by atoms with Gasteiger partial charge in [-0.25, -0.2) is 0 Å². The third-order valence-electron chi connectivity index (χ3n) is 3.70. The summed E-state index contributed by atoms with van der Waals surface area (Å²) < 4.78 is 27.8. The van der Waals surface area contributed by atoms with Crippen LogP contribution in [0.25, 0.3) is 39.2 Å². The van der Waals surface area contributed by atoms with E-state index in [4.69, 9.17) is 6.57 Å². The second-order valence-electron chi connectivity index (χ2n) is 4.96. The van der Waals surface area contributed by atoms with Gasteiger partial charge >= 0.3 is 0 Å². The van der Waals surface area contributed by atoms with Crippen LogP contribution in [0.15, 0.2) is 30.3 Å². The first kappa shape index (κ1) is 15.5. The van der Waals surface area contributed by atoms with Crippen molar-refractivity contribution < 1.29 is 28.9 Å². The molecule has 4 rings (SSSR count). The maximum atomic E-state index is 14.3. The third-order valence-corrected chi connectivity index (χ3v) is 3.70. The van der Waals surface area contributed by atoms with Gasteiger partial charge in [-0.1, -0.05) is 30.4 Å². The fraction of sp³-hybridized carbons (Fsp3) is 0. The zero-order chi connectivity index (χ0) is 15.3. The molecule has 0 atom stereocenters. The van der Waals surface area contributed by atoms with Gasteiger partial charge in [-0.3, -0.25) is 18.6 Å². The molecule has 0 amide bonds. The number of pyridine rings is 1. The number of aromatic nitrogens is 1. The first-order valence-electron chi connectivity index (χ1n) is 6.58. The molecule has 0 saturated carbocycles. The van der Waals surface area contributed by atoms with Gasteiger partial charge in [-0.15, -0.1) is 17.7 Å². The molecule has 1 radical (unpaired) electrons. The number of nitrogens with zero attached hydrogens (tertiary/aromatic N) is 2. The zero-order valence-electron chi connectivity index (χ0n) is 11.5. The zero-order valence-corrected chi connectivity index (χ0v) is 13.9. The molecule has 0 N–H and O–H groups in total. The second-order valence-corrected chi connectivity index (χ2v) is 4.96. The van der Waals surface area contributed by atoms with Gasteiger partial charge in [-0.05, 0) is 22.9 Å². The Bertz CT molecular complexity index is 1020. The fourth-order valence-corrected chi connectivity index (χ4v) is 2.70.